The van der Waals surface area contributed by atoms with E-state index < -0.39 is 0 Å². The van der Waals surface area contributed by atoms with Gasteiger partial charge in [-0.3, -0.25) is 0 Å². The number of urea groups is 1. The Kier molecular flexibility index (Phi) is 6.04. The highest BCUT2D eigenvalue weighted by molar-refractivity contribution is 5.73. The number of hydrogen-bond donors (Lipinski definition) is 2. The Morgan fingerprint density at radius 1 is 1.14 bits per heavy atom. The molecule has 0 aliphatic heterocycles. The van der Waals surface area contributed by atoms with E-state index in [1.807, 2.05) is 36.4 Å². The van der Waals surface area contributed by atoms with Crippen LogP contribution < -0.4 is 20.1 Å². The van der Waals surface area contributed by atoms with E-state index >= 15 is 0 Å². The molecule has 0 saturated carbocycles. The summed E-state index contributed by atoms with van der Waals surface area (Å²) in [5, 5.41) is 5.47. The van der Waals surface area contributed by atoms with Gasteiger partial charge in [-0.25, -0.2) is 9.78 Å². The third-order valence-electron chi connectivity index (χ3n) is 2.86. The summed E-state index contributed by atoms with van der Waals surface area (Å²) in [7, 11) is 1.56. The van der Waals surface area contributed by atoms with Crippen LogP contribution in [0.2, 0.25) is 0 Å². The van der Waals surface area contributed by atoms with Gasteiger partial charge in [0.15, 0.2) is 0 Å². The largest absolute Gasteiger partial charge is 0.492 e. The first-order valence-electron chi connectivity index (χ1n) is 6.96. The number of nitrogens with zero attached hydrogens (tertiary/aromatic N) is 1. The van der Waals surface area contributed by atoms with E-state index in [1.165, 1.54) is 0 Å². The lowest BCUT2D eigenvalue weighted by atomic mass is 10.3. The van der Waals surface area contributed by atoms with Crippen molar-refractivity contribution < 1.29 is 14.3 Å². The molecule has 1 heterocycles. The molecule has 0 aliphatic carbocycles. The maximum atomic E-state index is 11.6. The van der Waals surface area contributed by atoms with Crippen molar-refractivity contribution in [2.45, 2.75) is 6.54 Å². The topological polar surface area (TPSA) is 72.5 Å². The van der Waals surface area contributed by atoms with Crippen LogP contribution in [0.5, 0.6) is 11.6 Å². The van der Waals surface area contributed by atoms with Crippen molar-refractivity contribution in [2.24, 2.45) is 0 Å². The van der Waals surface area contributed by atoms with Crippen molar-refractivity contribution in [2.75, 3.05) is 20.3 Å². The molecule has 0 spiro atoms. The predicted octanol–water partition coefficient (Wildman–Crippen LogP) is 1.97. The number of carbonyl (C=O) groups is 1. The van der Waals surface area contributed by atoms with Gasteiger partial charge in [-0.2, -0.15) is 0 Å². The van der Waals surface area contributed by atoms with Crippen molar-refractivity contribution >= 4 is 6.03 Å². The lowest BCUT2D eigenvalue weighted by molar-refractivity contribution is 0.236. The fourth-order valence-corrected chi connectivity index (χ4v) is 1.73. The van der Waals surface area contributed by atoms with Crippen molar-refractivity contribution in [3.63, 3.8) is 0 Å². The second kappa shape index (κ2) is 8.51. The van der Waals surface area contributed by atoms with Gasteiger partial charge in [0, 0.05) is 18.8 Å². The summed E-state index contributed by atoms with van der Waals surface area (Å²) in [6.07, 6.45) is 1.66. The van der Waals surface area contributed by atoms with Crippen molar-refractivity contribution in [3.05, 3.63) is 54.2 Å². The van der Waals surface area contributed by atoms with E-state index in [-0.39, 0.29) is 6.03 Å². The van der Waals surface area contributed by atoms with Gasteiger partial charge in [0.05, 0.1) is 13.7 Å². The lowest BCUT2D eigenvalue weighted by Gasteiger charge is -2.09. The quantitative estimate of drug-likeness (QED) is 0.767. The minimum Gasteiger partial charge on any atom is -0.492 e. The first-order valence-corrected chi connectivity index (χ1v) is 6.96. The number of hydrogen-bond acceptors (Lipinski definition) is 4. The third-order valence-corrected chi connectivity index (χ3v) is 2.86. The summed E-state index contributed by atoms with van der Waals surface area (Å²) in [4.78, 5) is 15.7. The van der Waals surface area contributed by atoms with Crippen LogP contribution >= 0.6 is 0 Å². The predicted molar refractivity (Wildman–Crippen MR) is 83.0 cm³/mol. The van der Waals surface area contributed by atoms with Crippen molar-refractivity contribution in [3.8, 4) is 11.6 Å². The summed E-state index contributed by atoms with van der Waals surface area (Å²) in [5.41, 5.74) is 0.900. The van der Waals surface area contributed by atoms with E-state index in [4.69, 9.17) is 9.47 Å². The first-order chi connectivity index (χ1) is 10.8. The first kappa shape index (κ1) is 15.6. The smallest absolute Gasteiger partial charge is 0.315 e. The molecule has 0 atom stereocenters. The number of ether oxygens (including phenoxy) is 2. The van der Waals surface area contributed by atoms with Gasteiger partial charge in [-0.05, 0) is 17.7 Å². The average Bonchev–Trinajstić information content (AvgIpc) is 2.58. The van der Waals surface area contributed by atoms with Crippen molar-refractivity contribution in [1.82, 2.24) is 15.6 Å². The Hall–Kier alpha value is -2.76. The Morgan fingerprint density at radius 3 is 2.64 bits per heavy atom. The van der Waals surface area contributed by atoms with Gasteiger partial charge < -0.3 is 20.1 Å². The number of pyridine rings is 1. The van der Waals surface area contributed by atoms with Gasteiger partial charge >= 0.3 is 6.03 Å². The Bertz CT molecular complexity index is 573. The molecule has 2 amide bonds. The minimum absolute atomic E-state index is 0.243. The minimum atomic E-state index is -0.243. The number of benzene rings is 1. The molecule has 6 heteroatoms. The molecule has 0 fully saturated rings. The molecule has 1 aromatic carbocycles. The molecular formula is C16H19N3O3. The van der Waals surface area contributed by atoms with Crippen molar-refractivity contribution in [1.29, 1.82) is 0 Å². The molecule has 2 aromatic rings. The molecule has 0 unspecified atom stereocenters. The van der Waals surface area contributed by atoms with Crippen LogP contribution in [0.15, 0.2) is 48.7 Å². The number of carbonyl (C=O) groups excluding carboxylic acids is 1. The molecule has 2 rings (SSSR count). The highest BCUT2D eigenvalue weighted by atomic mass is 16.5. The van der Waals surface area contributed by atoms with E-state index in [0.717, 1.165) is 11.3 Å². The normalized spacial score (nSPS) is 9.86. The molecule has 0 saturated heterocycles. The number of para-hydroxylation sites is 1. The van der Waals surface area contributed by atoms with E-state index in [0.29, 0.717) is 25.6 Å². The van der Waals surface area contributed by atoms with Gasteiger partial charge in [-0.1, -0.05) is 24.3 Å². The molecule has 0 aliphatic rings. The standard InChI is InChI=1S/C16H19N3O3/c1-21-15-8-7-13(11-18-15)12-19-16(20)17-9-10-22-14-5-3-2-4-6-14/h2-8,11H,9-10,12H2,1H3,(H2,17,19,20). The van der Waals surface area contributed by atoms with Crippen LogP contribution in [0.1, 0.15) is 5.56 Å². The maximum absolute atomic E-state index is 11.6. The number of methoxy groups -OCH3 is 1. The zero-order valence-corrected chi connectivity index (χ0v) is 12.4. The zero-order valence-electron chi connectivity index (χ0n) is 12.4. The van der Waals surface area contributed by atoms with Crippen LogP contribution in [0.25, 0.3) is 0 Å². The Balaban J connectivity index is 1.61. The summed E-state index contributed by atoms with van der Waals surface area (Å²) >= 11 is 0. The summed E-state index contributed by atoms with van der Waals surface area (Å²) < 4.78 is 10.5. The highest BCUT2D eigenvalue weighted by Gasteiger charge is 2.01. The third kappa shape index (κ3) is 5.32. The second-order valence-corrected chi connectivity index (χ2v) is 4.48. The van der Waals surface area contributed by atoms with Gasteiger partial charge in [0.25, 0.3) is 0 Å². The van der Waals surface area contributed by atoms with Gasteiger partial charge in [-0.15, -0.1) is 0 Å². The van der Waals surface area contributed by atoms with Gasteiger partial charge in [0.2, 0.25) is 5.88 Å². The molecule has 116 valence electrons. The molecule has 22 heavy (non-hydrogen) atoms. The Labute approximate surface area is 129 Å². The van der Waals surface area contributed by atoms with E-state index in [1.54, 1.807) is 19.4 Å². The molecule has 6 nitrogen and oxygen atoms in total. The fraction of sp³-hybridized carbons (Fsp3) is 0.250. The average molecular weight is 301 g/mol. The fourth-order valence-electron chi connectivity index (χ4n) is 1.73. The molecule has 2 N–H and O–H groups in total. The summed E-state index contributed by atoms with van der Waals surface area (Å²) in [5.74, 6) is 1.33. The second-order valence-electron chi connectivity index (χ2n) is 4.48. The number of rotatable bonds is 7. The van der Waals surface area contributed by atoms with Gasteiger partial charge in [0.1, 0.15) is 12.4 Å². The number of amides is 2. The highest BCUT2D eigenvalue weighted by Crippen LogP contribution is 2.07. The lowest BCUT2D eigenvalue weighted by Crippen LogP contribution is -2.37. The van der Waals surface area contributed by atoms with Crippen LogP contribution in [0, 0.1) is 0 Å². The zero-order chi connectivity index (χ0) is 15.6. The molecular weight excluding hydrogens is 282 g/mol. The monoisotopic (exact) mass is 301 g/mol. The molecule has 1 aromatic heterocycles. The number of aromatic nitrogens is 1. The maximum Gasteiger partial charge on any atom is 0.315 e. The van der Waals surface area contributed by atoms with Crippen LogP contribution in [-0.2, 0) is 6.54 Å². The number of nitrogens with one attached hydrogen (secondary N) is 2. The van der Waals surface area contributed by atoms with Crippen LogP contribution in [0.3, 0.4) is 0 Å². The summed E-state index contributed by atoms with van der Waals surface area (Å²) in [6, 6.07) is 12.8. The molecule has 0 radical (unpaired) electrons. The SMILES string of the molecule is COc1ccc(CNC(=O)NCCOc2ccccc2)cn1. The van der Waals surface area contributed by atoms with E-state index in [9.17, 15) is 4.79 Å². The van der Waals surface area contributed by atoms with Crippen LogP contribution in [-0.4, -0.2) is 31.3 Å². The van der Waals surface area contributed by atoms with Crippen LogP contribution in [0.4, 0.5) is 4.79 Å². The van der Waals surface area contributed by atoms with E-state index in [2.05, 4.69) is 15.6 Å². The summed E-state index contributed by atoms with van der Waals surface area (Å²) in [6.45, 7) is 1.26. The Morgan fingerprint density at radius 2 is 1.95 bits per heavy atom. The molecule has 0 bridgehead atoms.